The predicted molar refractivity (Wildman–Crippen MR) is 99.5 cm³/mol. The van der Waals surface area contributed by atoms with Crippen molar-refractivity contribution in [1.82, 2.24) is 0 Å². The fraction of sp³-hybridized carbons (Fsp3) is 0.500. The van der Waals surface area contributed by atoms with Crippen molar-refractivity contribution in [3.8, 4) is 0 Å². The van der Waals surface area contributed by atoms with Crippen LogP contribution in [0.3, 0.4) is 0 Å². The van der Waals surface area contributed by atoms with E-state index in [1.54, 1.807) is 0 Å². The Bertz CT molecular complexity index is 682. The first-order chi connectivity index (χ1) is 11.4. The Balaban J connectivity index is 2.13. The monoisotopic (exact) mass is 325 g/mol. The number of azide groups is 1. The molecule has 0 saturated carbocycles. The van der Waals surface area contributed by atoms with Gasteiger partial charge in [0.15, 0.2) is 0 Å². The number of rotatable bonds is 6. The van der Waals surface area contributed by atoms with Gasteiger partial charge in [-0.1, -0.05) is 61.0 Å². The van der Waals surface area contributed by atoms with Crippen LogP contribution in [0.5, 0.6) is 0 Å². The molecule has 0 aromatic heterocycles. The molecule has 0 amide bonds. The predicted octanol–water partition coefficient (Wildman–Crippen LogP) is 5.44. The number of hydrogen-bond acceptors (Lipinski definition) is 2. The number of aliphatic hydroxyl groups is 1. The molecule has 0 radical (unpaired) electrons. The Morgan fingerprint density at radius 1 is 1.38 bits per heavy atom. The van der Waals surface area contributed by atoms with Gasteiger partial charge in [-0.15, -0.1) is 0 Å². The molecule has 1 aliphatic carbocycles. The normalized spacial score (nSPS) is 18.5. The molecule has 1 aromatic rings. The van der Waals surface area contributed by atoms with Crippen molar-refractivity contribution in [3.05, 3.63) is 63.1 Å². The smallest absolute Gasteiger partial charge is 0.0636 e. The van der Waals surface area contributed by atoms with Crippen LogP contribution in [-0.4, -0.2) is 17.8 Å². The fourth-order valence-electron chi connectivity index (χ4n) is 3.48. The summed E-state index contributed by atoms with van der Waals surface area (Å²) < 4.78 is 0. The summed E-state index contributed by atoms with van der Waals surface area (Å²) in [6.07, 6.45) is 7.97. The summed E-state index contributed by atoms with van der Waals surface area (Å²) in [6.45, 7) is 6.98. The lowest BCUT2D eigenvalue weighted by Crippen LogP contribution is -2.18. The molecule has 2 rings (SSSR count). The van der Waals surface area contributed by atoms with Gasteiger partial charge in [-0.3, -0.25) is 0 Å². The summed E-state index contributed by atoms with van der Waals surface area (Å²) in [5.74, 6) is 0. The zero-order valence-electron chi connectivity index (χ0n) is 14.9. The third-order valence-electron chi connectivity index (χ3n) is 4.76. The lowest BCUT2D eigenvalue weighted by Gasteiger charge is -2.32. The Morgan fingerprint density at radius 3 is 2.88 bits per heavy atom. The Labute approximate surface area is 144 Å². The van der Waals surface area contributed by atoms with E-state index in [1.807, 2.05) is 12.1 Å². The van der Waals surface area contributed by atoms with E-state index in [0.717, 1.165) is 11.1 Å². The van der Waals surface area contributed by atoms with Gasteiger partial charge in [0.2, 0.25) is 0 Å². The largest absolute Gasteiger partial charge is 0.393 e. The van der Waals surface area contributed by atoms with Crippen LogP contribution in [0.25, 0.3) is 16.5 Å². The number of aliphatic hydroxyl groups excluding tert-OH is 1. The lowest BCUT2D eigenvalue weighted by molar-refractivity contribution is 0.183. The molecule has 0 bridgehead atoms. The van der Waals surface area contributed by atoms with Crippen LogP contribution in [0.2, 0.25) is 0 Å². The average molecular weight is 325 g/mol. The van der Waals surface area contributed by atoms with Gasteiger partial charge < -0.3 is 5.11 Å². The first-order valence-electron chi connectivity index (χ1n) is 8.58. The number of hydrogen-bond donors (Lipinski definition) is 1. The Hall–Kier alpha value is -2.03. The van der Waals surface area contributed by atoms with Gasteiger partial charge in [0.1, 0.15) is 0 Å². The average Bonchev–Trinajstić information content (AvgIpc) is 2.52. The second-order valence-corrected chi connectivity index (χ2v) is 7.28. The molecule has 24 heavy (non-hydrogen) atoms. The molecule has 0 aliphatic heterocycles. The number of allylic oxidation sites excluding steroid dienone is 3. The Morgan fingerprint density at radius 2 is 2.17 bits per heavy atom. The van der Waals surface area contributed by atoms with Crippen molar-refractivity contribution < 1.29 is 5.11 Å². The SMILES string of the molecule is CC1=C(C=Cc2cccc(CC(O)CN=[N+]=[N-])c2)C(C)(C)CCC1. The highest BCUT2D eigenvalue weighted by Gasteiger charge is 2.26. The van der Waals surface area contributed by atoms with Crippen LogP contribution >= 0.6 is 0 Å². The molecule has 4 nitrogen and oxygen atoms in total. The van der Waals surface area contributed by atoms with Crippen LogP contribution in [0, 0.1) is 5.41 Å². The topological polar surface area (TPSA) is 69.0 Å². The third kappa shape index (κ3) is 4.98. The second-order valence-electron chi connectivity index (χ2n) is 7.28. The quantitative estimate of drug-likeness (QED) is 0.422. The molecule has 4 heteroatoms. The first kappa shape index (κ1) is 18.3. The van der Waals surface area contributed by atoms with Crippen molar-refractivity contribution in [2.75, 3.05) is 6.54 Å². The molecule has 1 N–H and O–H groups in total. The zero-order valence-corrected chi connectivity index (χ0v) is 14.9. The molecule has 1 aliphatic rings. The van der Waals surface area contributed by atoms with E-state index in [-0.39, 0.29) is 12.0 Å². The summed E-state index contributed by atoms with van der Waals surface area (Å²) in [4.78, 5) is 2.69. The number of nitrogens with zero attached hydrogens (tertiary/aromatic N) is 3. The van der Waals surface area contributed by atoms with Gasteiger partial charge in [-0.25, -0.2) is 0 Å². The van der Waals surface area contributed by atoms with E-state index >= 15 is 0 Å². The van der Waals surface area contributed by atoms with Crippen LogP contribution in [0.1, 0.15) is 51.2 Å². The molecule has 0 heterocycles. The van der Waals surface area contributed by atoms with E-state index in [9.17, 15) is 5.11 Å². The molecule has 128 valence electrons. The minimum absolute atomic E-state index is 0.108. The number of benzene rings is 1. The second kappa shape index (κ2) is 8.18. The van der Waals surface area contributed by atoms with E-state index in [2.05, 4.69) is 55.1 Å². The maximum Gasteiger partial charge on any atom is 0.0636 e. The summed E-state index contributed by atoms with van der Waals surface area (Å²) in [5, 5.41) is 13.3. The van der Waals surface area contributed by atoms with Gasteiger partial charge in [0.05, 0.1) is 12.6 Å². The van der Waals surface area contributed by atoms with Crippen molar-refractivity contribution in [2.24, 2.45) is 10.5 Å². The molecule has 1 atom stereocenters. The lowest BCUT2D eigenvalue weighted by atomic mass is 9.72. The summed E-state index contributed by atoms with van der Waals surface area (Å²) >= 11 is 0. The minimum atomic E-state index is -0.637. The zero-order chi connectivity index (χ0) is 17.6. The maximum atomic E-state index is 9.87. The summed E-state index contributed by atoms with van der Waals surface area (Å²) in [5.41, 5.74) is 13.7. The van der Waals surface area contributed by atoms with Crippen molar-refractivity contribution in [1.29, 1.82) is 0 Å². The molecule has 0 spiro atoms. The van der Waals surface area contributed by atoms with Gasteiger partial charge in [0.25, 0.3) is 0 Å². The van der Waals surface area contributed by atoms with Crippen molar-refractivity contribution in [3.63, 3.8) is 0 Å². The van der Waals surface area contributed by atoms with Gasteiger partial charge in [-0.2, -0.15) is 0 Å². The third-order valence-corrected chi connectivity index (χ3v) is 4.76. The molecule has 1 unspecified atom stereocenters. The van der Waals surface area contributed by atoms with E-state index in [0.29, 0.717) is 6.42 Å². The molecular formula is C20H27N3O. The van der Waals surface area contributed by atoms with E-state index < -0.39 is 6.10 Å². The highest BCUT2D eigenvalue weighted by Crippen LogP contribution is 2.40. The molecule has 1 aromatic carbocycles. The summed E-state index contributed by atoms with van der Waals surface area (Å²) in [7, 11) is 0. The van der Waals surface area contributed by atoms with E-state index in [4.69, 9.17) is 5.53 Å². The van der Waals surface area contributed by atoms with E-state index in [1.165, 1.54) is 30.4 Å². The highest BCUT2D eigenvalue weighted by molar-refractivity contribution is 5.55. The minimum Gasteiger partial charge on any atom is -0.393 e. The standard InChI is InChI=1S/C20H27N3O/c1-15-6-5-11-20(2,3)19(15)10-9-16-7-4-8-17(12-16)13-18(24)14-22-23-21/h4,7-10,12,18,24H,5-6,11,13-14H2,1-3H3. The van der Waals surface area contributed by atoms with Crippen molar-refractivity contribution >= 4 is 6.08 Å². The Kier molecular flexibility index (Phi) is 6.24. The first-order valence-corrected chi connectivity index (χ1v) is 8.58. The van der Waals surface area contributed by atoms with Crippen LogP contribution in [0.4, 0.5) is 0 Å². The van der Waals surface area contributed by atoms with Crippen LogP contribution in [0.15, 0.2) is 46.6 Å². The fourth-order valence-corrected chi connectivity index (χ4v) is 3.48. The molecule has 0 fully saturated rings. The molecular weight excluding hydrogens is 298 g/mol. The van der Waals surface area contributed by atoms with Crippen molar-refractivity contribution in [2.45, 2.75) is 52.6 Å². The van der Waals surface area contributed by atoms with Gasteiger partial charge in [0, 0.05) is 4.91 Å². The maximum absolute atomic E-state index is 9.87. The highest BCUT2D eigenvalue weighted by atomic mass is 16.3. The molecule has 0 saturated heterocycles. The van der Waals surface area contributed by atoms with Gasteiger partial charge >= 0.3 is 0 Å². The van der Waals surface area contributed by atoms with Gasteiger partial charge in [-0.05, 0) is 60.3 Å². The van der Waals surface area contributed by atoms with Crippen LogP contribution < -0.4 is 0 Å². The van der Waals surface area contributed by atoms with Crippen LogP contribution in [-0.2, 0) is 6.42 Å². The summed E-state index contributed by atoms with van der Waals surface area (Å²) in [6, 6.07) is 8.15.